The van der Waals surface area contributed by atoms with Crippen molar-refractivity contribution in [3.63, 3.8) is 0 Å². The highest BCUT2D eigenvalue weighted by atomic mass is 14.8. The van der Waals surface area contributed by atoms with E-state index in [2.05, 4.69) is 12.1 Å². The zero-order valence-electron chi connectivity index (χ0n) is 6.12. The van der Waals surface area contributed by atoms with Gasteiger partial charge in [0.05, 0.1) is 0 Å². The molecule has 0 radical (unpaired) electrons. The third-order valence-corrected chi connectivity index (χ3v) is 1.77. The number of rotatable bonds is 0. The van der Waals surface area contributed by atoms with E-state index in [9.17, 15) is 0 Å². The summed E-state index contributed by atoms with van der Waals surface area (Å²) in [6.07, 6.45) is 0. The van der Waals surface area contributed by atoms with Gasteiger partial charge in [-0.15, -0.1) is 0 Å². The molecular formula is C10H9N. The van der Waals surface area contributed by atoms with E-state index in [1.807, 2.05) is 30.3 Å². The first-order valence-electron chi connectivity index (χ1n) is 3.60. The Balaban J connectivity index is 2.83. The molecule has 11 heavy (non-hydrogen) atoms. The van der Waals surface area contributed by atoms with E-state index in [-0.39, 0.29) is 0 Å². The Morgan fingerprint density at radius 3 is 2.36 bits per heavy atom. The minimum atomic E-state index is 0.823. The smallest absolute Gasteiger partial charge is 0.0320 e. The zero-order valence-corrected chi connectivity index (χ0v) is 6.12. The summed E-state index contributed by atoms with van der Waals surface area (Å²) in [5.41, 5.74) is 6.45. The minimum absolute atomic E-state index is 0.823. The molecule has 0 atom stereocenters. The first kappa shape index (κ1) is 6.23. The molecule has 2 rings (SSSR count). The average Bonchev–Trinajstić information content (AvgIpc) is 2.04. The van der Waals surface area contributed by atoms with Crippen molar-refractivity contribution in [3.05, 3.63) is 42.5 Å². The average molecular weight is 149 g/mol. The highest BCUT2D eigenvalue weighted by Crippen LogP contribution is 2.15. The van der Waals surface area contributed by atoms with Gasteiger partial charge in [0.1, 0.15) is 0 Å². The number of hydrogen-bond acceptors (Lipinski definition) is 1. The van der Waals surface area contributed by atoms with Crippen LogP contribution in [0.3, 0.4) is 0 Å². The van der Waals surface area contributed by atoms with E-state index >= 15 is 0 Å². The van der Waals surface area contributed by atoms with Crippen LogP contribution in [0.25, 0.3) is 10.8 Å². The summed E-state index contributed by atoms with van der Waals surface area (Å²) >= 11 is 0. The quantitative estimate of drug-likeness (QED) is 0.572. The summed E-state index contributed by atoms with van der Waals surface area (Å²) in [6, 6.07) is 14.1. The van der Waals surface area contributed by atoms with Crippen LogP contribution in [-0.2, 0) is 0 Å². The van der Waals surface area contributed by atoms with Crippen molar-refractivity contribution >= 4 is 16.5 Å². The molecule has 0 bridgehead atoms. The summed E-state index contributed by atoms with van der Waals surface area (Å²) in [7, 11) is 0. The van der Waals surface area contributed by atoms with E-state index in [1.165, 1.54) is 10.8 Å². The molecule has 0 aliphatic heterocycles. The van der Waals surface area contributed by atoms with Gasteiger partial charge in [-0.25, -0.2) is 0 Å². The molecule has 2 aromatic carbocycles. The number of nitrogens with two attached hydrogens (primary N) is 1. The van der Waals surface area contributed by atoms with Crippen molar-refractivity contribution in [1.82, 2.24) is 0 Å². The van der Waals surface area contributed by atoms with Crippen molar-refractivity contribution < 1.29 is 0 Å². The summed E-state index contributed by atoms with van der Waals surface area (Å²) in [6.45, 7) is 0. The maximum atomic E-state index is 5.62. The van der Waals surface area contributed by atoms with Gasteiger partial charge < -0.3 is 5.73 Å². The van der Waals surface area contributed by atoms with Crippen molar-refractivity contribution in [2.75, 3.05) is 5.73 Å². The highest BCUT2D eigenvalue weighted by molar-refractivity contribution is 5.85. The molecule has 0 aromatic heterocycles. The lowest BCUT2D eigenvalue weighted by atomic mass is 10.4. The largest absolute Gasteiger partial charge is 0.399 e. The second-order valence-electron chi connectivity index (χ2n) is 2.61. The Hall–Kier alpha value is -1.50. The van der Waals surface area contributed by atoms with E-state index in [0.29, 0.717) is 0 Å². The van der Waals surface area contributed by atoms with Gasteiger partial charge in [-0.2, -0.15) is 0 Å². The molecular weight excluding hydrogens is 140 g/mol. The standard InChI is InChI=1S/C10H9N/c11-10-6-5-8-3-1-2-4-9(8)7-10/h1-7H,11H2/i1+1,2+1,3+1,4+1,8+1,9+1. The SMILES string of the molecule is Nc1cc[13c]2[13cH][13cH][13cH][13cH][13c]2c1. The third kappa shape index (κ3) is 1.05. The summed E-state index contributed by atoms with van der Waals surface area (Å²) in [4.78, 5) is 0. The summed E-state index contributed by atoms with van der Waals surface area (Å²) < 4.78 is 0. The van der Waals surface area contributed by atoms with Crippen molar-refractivity contribution in [2.24, 2.45) is 0 Å². The Labute approximate surface area is 65.5 Å². The topological polar surface area (TPSA) is 26.0 Å². The first-order valence-corrected chi connectivity index (χ1v) is 3.60. The van der Waals surface area contributed by atoms with Crippen LogP contribution in [0.1, 0.15) is 0 Å². The lowest BCUT2D eigenvalue weighted by Crippen LogP contribution is -1.82. The van der Waals surface area contributed by atoms with Crippen LogP contribution in [-0.4, -0.2) is 0 Å². The Bertz CT molecular complexity index is 379. The van der Waals surface area contributed by atoms with Gasteiger partial charge in [0, 0.05) is 5.69 Å². The van der Waals surface area contributed by atoms with Gasteiger partial charge in [-0.3, -0.25) is 0 Å². The molecule has 0 unspecified atom stereocenters. The van der Waals surface area contributed by atoms with Gasteiger partial charge in [-0.05, 0) is 22.9 Å². The molecule has 0 saturated heterocycles. The normalized spacial score (nSPS) is 10.2. The van der Waals surface area contributed by atoms with Gasteiger partial charge in [0.2, 0.25) is 0 Å². The number of fused-ring (bicyclic) bond motifs is 1. The van der Waals surface area contributed by atoms with Crippen LogP contribution in [0, 0.1) is 0 Å². The fourth-order valence-electron chi connectivity index (χ4n) is 1.21. The van der Waals surface area contributed by atoms with E-state index in [4.69, 9.17) is 5.73 Å². The fourth-order valence-corrected chi connectivity index (χ4v) is 1.21. The summed E-state index contributed by atoms with van der Waals surface area (Å²) in [5.74, 6) is 0. The van der Waals surface area contributed by atoms with Crippen LogP contribution in [0.2, 0.25) is 0 Å². The molecule has 0 fully saturated rings. The predicted molar refractivity (Wildman–Crippen MR) is 48.4 cm³/mol. The number of benzene rings is 2. The van der Waals surface area contributed by atoms with E-state index in [1.54, 1.807) is 0 Å². The molecule has 0 heterocycles. The van der Waals surface area contributed by atoms with Gasteiger partial charge in [-0.1, -0.05) is 30.3 Å². The first-order chi connectivity index (χ1) is 5.36. The lowest BCUT2D eigenvalue weighted by Gasteiger charge is -1.96. The second kappa shape index (κ2) is 2.27. The number of hydrogen-bond donors (Lipinski definition) is 1. The molecule has 1 nitrogen and oxygen atoms in total. The van der Waals surface area contributed by atoms with Crippen molar-refractivity contribution in [3.8, 4) is 0 Å². The number of anilines is 1. The van der Waals surface area contributed by atoms with Gasteiger partial charge in [0.15, 0.2) is 0 Å². The maximum absolute atomic E-state index is 5.62. The molecule has 54 valence electrons. The Morgan fingerprint density at radius 1 is 0.818 bits per heavy atom. The third-order valence-electron chi connectivity index (χ3n) is 1.77. The van der Waals surface area contributed by atoms with Crippen LogP contribution < -0.4 is 5.73 Å². The Kier molecular flexibility index (Phi) is 1.29. The van der Waals surface area contributed by atoms with Crippen molar-refractivity contribution in [1.29, 1.82) is 0 Å². The molecule has 0 saturated carbocycles. The highest BCUT2D eigenvalue weighted by Gasteiger charge is 1.89. The van der Waals surface area contributed by atoms with Crippen LogP contribution >= 0.6 is 0 Å². The summed E-state index contributed by atoms with van der Waals surface area (Å²) in [5, 5.41) is 2.44. The monoisotopic (exact) mass is 149 g/mol. The van der Waals surface area contributed by atoms with Crippen LogP contribution in [0.15, 0.2) is 42.5 Å². The van der Waals surface area contributed by atoms with Crippen molar-refractivity contribution in [2.45, 2.75) is 0 Å². The molecule has 2 aromatic rings. The number of nitrogen functional groups attached to an aromatic ring is 1. The lowest BCUT2D eigenvalue weighted by molar-refractivity contribution is 1.73. The van der Waals surface area contributed by atoms with E-state index < -0.39 is 0 Å². The molecule has 2 N–H and O–H groups in total. The molecule has 0 aliphatic carbocycles. The molecule has 0 aliphatic rings. The minimum Gasteiger partial charge on any atom is -0.399 e. The van der Waals surface area contributed by atoms with E-state index in [0.717, 1.165) is 5.69 Å². The zero-order chi connectivity index (χ0) is 7.68. The van der Waals surface area contributed by atoms with Crippen LogP contribution in [0.5, 0.6) is 0 Å². The van der Waals surface area contributed by atoms with Gasteiger partial charge in [0.25, 0.3) is 0 Å². The fraction of sp³-hybridized carbons (Fsp3) is 0. The van der Waals surface area contributed by atoms with Gasteiger partial charge >= 0.3 is 0 Å². The predicted octanol–water partition coefficient (Wildman–Crippen LogP) is 2.42. The molecule has 1 heteroatoms. The Morgan fingerprint density at radius 2 is 1.55 bits per heavy atom. The molecule has 0 spiro atoms. The maximum Gasteiger partial charge on any atom is 0.0320 e. The molecule has 0 amide bonds. The van der Waals surface area contributed by atoms with Crippen LogP contribution in [0.4, 0.5) is 5.69 Å². The second-order valence-corrected chi connectivity index (χ2v) is 2.61.